The number of rotatable bonds is 5. The van der Waals surface area contributed by atoms with Crippen molar-refractivity contribution >= 4 is 5.91 Å². The lowest BCUT2D eigenvalue weighted by Crippen LogP contribution is -2.44. The zero-order chi connectivity index (χ0) is 17.5. The van der Waals surface area contributed by atoms with Crippen molar-refractivity contribution in [3.8, 4) is 0 Å². The van der Waals surface area contributed by atoms with E-state index in [0.29, 0.717) is 19.1 Å². The minimum absolute atomic E-state index is 0.131. The molecule has 1 atom stereocenters. The number of carbonyl (C=O) groups excluding carboxylic acids is 1. The van der Waals surface area contributed by atoms with E-state index in [0.717, 1.165) is 51.4 Å². The third kappa shape index (κ3) is 5.80. The van der Waals surface area contributed by atoms with Crippen molar-refractivity contribution < 1.29 is 9.53 Å². The number of amides is 1. The van der Waals surface area contributed by atoms with Crippen LogP contribution >= 0.6 is 0 Å². The molecule has 25 heavy (non-hydrogen) atoms. The number of morpholine rings is 1. The molecule has 5 heteroatoms. The Bertz CT molecular complexity index is 558. The van der Waals surface area contributed by atoms with Crippen molar-refractivity contribution in [2.24, 2.45) is 0 Å². The quantitative estimate of drug-likeness (QED) is 0.884. The molecule has 138 valence electrons. The van der Waals surface area contributed by atoms with E-state index < -0.39 is 0 Å². The van der Waals surface area contributed by atoms with Gasteiger partial charge < -0.3 is 10.1 Å². The summed E-state index contributed by atoms with van der Waals surface area (Å²) in [5.74, 6) is 0.131. The normalized spacial score (nSPS) is 23.2. The lowest BCUT2D eigenvalue weighted by molar-refractivity contribution is -0.122. The van der Waals surface area contributed by atoms with E-state index in [4.69, 9.17) is 4.74 Å². The number of likely N-dealkylation sites (tertiary alicyclic amines) is 1. The molecule has 0 aliphatic carbocycles. The van der Waals surface area contributed by atoms with Gasteiger partial charge in [-0.15, -0.1) is 0 Å². The lowest BCUT2D eigenvalue weighted by Gasteiger charge is -2.34. The van der Waals surface area contributed by atoms with Crippen molar-refractivity contribution in [3.63, 3.8) is 0 Å². The Morgan fingerprint density at radius 2 is 2.04 bits per heavy atom. The second-order valence-electron chi connectivity index (χ2n) is 7.27. The summed E-state index contributed by atoms with van der Waals surface area (Å²) in [4.78, 5) is 17.2. The highest BCUT2D eigenvalue weighted by Crippen LogP contribution is 2.18. The molecule has 0 saturated carbocycles. The molecule has 0 bridgehead atoms. The van der Waals surface area contributed by atoms with E-state index in [2.05, 4.69) is 40.2 Å². The highest BCUT2D eigenvalue weighted by atomic mass is 16.5. The van der Waals surface area contributed by atoms with Crippen molar-refractivity contribution in [3.05, 3.63) is 35.4 Å². The average Bonchev–Trinajstić information content (AvgIpc) is 2.86. The Morgan fingerprint density at radius 3 is 2.84 bits per heavy atom. The summed E-state index contributed by atoms with van der Waals surface area (Å²) in [6, 6.07) is 8.96. The van der Waals surface area contributed by atoms with Gasteiger partial charge in [0.1, 0.15) is 0 Å². The molecule has 2 aliphatic heterocycles. The van der Waals surface area contributed by atoms with Crippen LogP contribution < -0.4 is 5.32 Å². The Balaban J connectivity index is 1.41. The van der Waals surface area contributed by atoms with Crippen molar-refractivity contribution in [1.82, 2.24) is 15.1 Å². The summed E-state index contributed by atoms with van der Waals surface area (Å²) in [6.45, 7) is 9.09. The zero-order valence-corrected chi connectivity index (χ0v) is 15.4. The Kier molecular flexibility index (Phi) is 6.84. The first-order valence-electron chi connectivity index (χ1n) is 9.57. The van der Waals surface area contributed by atoms with Crippen LogP contribution in [0.3, 0.4) is 0 Å². The fourth-order valence-electron chi connectivity index (χ4n) is 3.89. The summed E-state index contributed by atoms with van der Waals surface area (Å²) in [5, 5.41) is 3.06. The zero-order valence-electron chi connectivity index (χ0n) is 15.4. The first-order chi connectivity index (χ1) is 12.2. The van der Waals surface area contributed by atoms with Crippen LogP contribution in [0.15, 0.2) is 24.3 Å². The van der Waals surface area contributed by atoms with Gasteiger partial charge in [0.15, 0.2) is 0 Å². The first-order valence-corrected chi connectivity index (χ1v) is 9.57. The molecule has 1 aromatic carbocycles. The number of nitrogens with zero attached hydrogens (tertiary/aromatic N) is 2. The third-order valence-corrected chi connectivity index (χ3v) is 5.29. The van der Waals surface area contributed by atoms with Gasteiger partial charge in [0, 0.05) is 32.2 Å². The standard InChI is InChI=1S/C20H31N3O2/c1-17-4-2-5-18(14-17)15-21-20(24)16-22-8-3-6-19(7-9-22)23-10-12-25-13-11-23/h2,4-5,14,19H,3,6-13,15-16H2,1H3,(H,21,24)/t19-/m0/s1. The van der Waals surface area contributed by atoms with E-state index in [1.807, 2.05) is 6.07 Å². The predicted molar refractivity (Wildman–Crippen MR) is 99.5 cm³/mol. The van der Waals surface area contributed by atoms with E-state index in [9.17, 15) is 4.79 Å². The van der Waals surface area contributed by atoms with Gasteiger partial charge in [0.2, 0.25) is 5.91 Å². The van der Waals surface area contributed by atoms with Crippen LogP contribution in [0, 0.1) is 6.92 Å². The third-order valence-electron chi connectivity index (χ3n) is 5.29. The van der Waals surface area contributed by atoms with Crippen LogP contribution in [0.4, 0.5) is 0 Å². The number of carbonyl (C=O) groups is 1. The highest BCUT2D eigenvalue weighted by molar-refractivity contribution is 5.78. The molecule has 2 fully saturated rings. The number of nitrogens with one attached hydrogen (secondary N) is 1. The van der Waals surface area contributed by atoms with Crippen LogP contribution in [0.5, 0.6) is 0 Å². The predicted octanol–water partition coefficient (Wildman–Crippen LogP) is 1.80. The molecule has 2 heterocycles. The van der Waals surface area contributed by atoms with Crippen LogP contribution in [0.1, 0.15) is 30.4 Å². The molecule has 1 aromatic rings. The molecule has 0 unspecified atom stereocenters. The van der Waals surface area contributed by atoms with Crippen molar-refractivity contribution in [2.75, 3.05) is 45.9 Å². The summed E-state index contributed by atoms with van der Waals surface area (Å²) in [6.07, 6.45) is 3.57. The molecule has 0 aromatic heterocycles. The molecular weight excluding hydrogens is 314 g/mol. The second kappa shape index (κ2) is 9.32. The largest absolute Gasteiger partial charge is 0.379 e. The van der Waals surface area contributed by atoms with Gasteiger partial charge in [0.05, 0.1) is 19.8 Å². The molecule has 1 amide bonds. The van der Waals surface area contributed by atoms with Crippen LogP contribution in [-0.4, -0.2) is 67.7 Å². The first kappa shape index (κ1) is 18.4. The van der Waals surface area contributed by atoms with Crippen LogP contribution in [-0.2, 0) is 16.1 Å². The lowest BCUT2D eigenvalue weighted by atomic mass is 10.1. The molecule has 3 rings (SSSR count). The van der Waals surface area contributed by atoms with Gasteiger partial charge in [-0.05, 0) is 38.3 Å². The maximum Gasteiger partial charge on any atom is 0.234 e. The van der Waals surface area contributed by atoms with Gasteiger partial charge in [-0.1, -0.05) is 29.8 Å². The monoisotopic (exact) mass is 345 g/mol. The average molecular weight is 345 g/mol. The van der Waals surface area contributed by atoms with E-state index in [-0.39, 0.29) is 5.91 Å². The Labute approximate surface area is 151 Å². The van der Waals surface area contributed by atoms with E-state index in [1.54, 1.807) is 0 Å². The van der Waals surface area contributed by atoms with Crippen LogP contribution in [0.25, 0.3) is 0 Å². The molecule has 2 saturated heterocycles. The minimum Gasteiger partial charge on any atom is -0.379 e. The summed E-state index contributed by atoms with van der Waals surface area (Å²) < 4.78 is 5.46. The number of benzene rings is 1. The summed E-state index contributed by atoms with van der Waals surface area (Å²) in [5.41, 5.74) is 2.39. The van der Waals surface area contributed by atoms with Gasteiger partial charge >= 0.3 is 0 Å². The topological polar surface area (TPSA) is 44.8 Å². The number of ether oxygens (including phenoxy) is 1. The van der Waals surface area contributed by atoms with Crippen molar-refractivity contribution in [1.29, 1.82) is 0 Å². The summed E-state index contributed by atoms with van der Waals surface area (Å²) in [7, 11) is 0. The molecule has 2 aliphatic rings. The fourth-order valence-corrected chi connectivity index (χ4v) is 3.89. The number of aryl methyl sites for hydroxylation is 1. The fraction of sp³-hybridized carbons (Fsp3) is 0.650. The van der Waals surface area contributed by atoms with Gasteiger partial charge in [-0.25, -0.2) is 0 Å². The maximum absolute atomic E-state index is 12.3. The van der Waals surface area contributed by atoms with Crippen LogP contribution in [0.2, 0.25) is 0 Å². The minimum atomic E-state index is 0.131. The second-order valence-corrected chi connectivity index (χ2v) is 7.27. The van der Waals surface area contributed by atoms with E-state index in [1.165, 1.54) is 18.4 Å². The summed E-state index contributed by atoms with van der Waals surface area (Å²) >= 11 is 0. The maximum atomic E-state index is 12.3. The molecule has 1 N–H and O–H groups in total. The Hall–Kier alpha value is -1.43. The van der Waals surface area contributed by atoms with Gasteiger partial charge in [-0.3, -0.25) is 14.6 Å². The van der Waals surface area contributed by atoms with Crippen molar-refractivity contribution in [2.45, 2.75) is 38.8 Å². The van der Waals surface area contributed by atoms with E-state index >= 15 is 0 Å². The Morgan fingerprint density at radius 1 is 1.20 bits per heavy atom. The SMILES string of the molecule is Cc1cccc(CNC(=O)CN2CCC[C@H](N3CCOCC3)CC2)c1. The smallest absolute Gasteiger partial charge is 0.234 e. The molecule has 0 radical (unpaired) electrons. The highest BCUT2D eigenvalue weighted by Gasteiger charge is 2.24. The van der Waals surface area contributed by atoms with Gasteiger partial charge in [-0.2, -0.15) is 0 Å². The van der Waals surface area contributed by atoms with Gasteiger partial charge in [0.25, 0.3) is 0 Å². The molecule has 5 nitrogen and oxygen atoms in total. The molecule has 0 spiro atoms. The molecular formula is C20H31N3O2. The number of hydrogen-bond donors (Lipinski definition) is 1. The number of hydrogen-bond acceptors (Lipinski definition) is 4.